The number of carbonyl (C=O) groups is 1. The highest BCUT2D eigenvalue weighted by Crippen LogP contribution is 2.34. The molecule has 1 saturated carbocycles. The van der Waals surface area contributed by atoms with Gasteiger partial charge in [0, 0.05) is 17.6 Å². The van der Waals surface area contributed by atoms with Crippen LogP contribution in [0, 0.1) is 0 Å². The Morgan fingerprint density at radius 3 is 3.00 bits per heavy atom. The lowest BCUT2D eigenvalue weighted by Crippen LogP contribution is -2.39. The van der Waals surface area contributed by atoms with Gasteiger partial charge in [0.15, 0.2) is 0 Å². The van der Waals surface area contributed by atoms with E-state index in [4.69, 9.17) is 5.73 Å². The quantitative estimate of drug-likeness (QED) is 0.836. The van der Waals surface area contributed by atoms with Gasteiger partial charge in [0.05, 0.1) is 12.6 Å². The van der Waals surface area contributed by atoms with Crippen molar-refractivity contribution in [3.05, 3.63) is 16.6 Å². The predicted octanol–water partition coefficient (Wildman–Crippen LogP) is 1.15. The van der Waals surface area contributed by atoms with E-state index in [1.807, 2.05) is 17.2 Å². The van der Waals surface area contributed by atoms with Crippen molar-refractivity contribution in [2.75, 3.05) is 6.54 Å². The highest BCUT2D eigenvalue weighted by atomic mass is 32.1. The molecule has 0 saturated heterocycles. The minimum Gasteiger partial charge on any atom is -0.329 e. The first-order chi connectivity index (χ1) is 7.24. The van der Waals surface area contributed by atoms with E-state index in [9.17, 15) is 4.79 Å². The molecule has 1 fully saturated rings. The van der Waals surface area contributed by atoms with Gasteiger partial charge in [0.1, 0.15) is 5.01 Å². The molecule has 1 aliphatic carbocycles. The molecule has 2 rings (SSSR count). The van der Waals surface area contributed by atoms with Crippen molar-refractivity contribution in [1.29, 1.82) is 0 Å². The number of amides is 1. The molecule has 82 valence electrons. The van der Waals surface area contributed by atoms with Crippen LogP contribution in [0.3, 0.4) is 0 Å². The van der Waals surface area contributed by atoms with Crippen molar-refractivity contribution in [3.63, 3.8) is 0 Å². The van der Waals surface area contributed by atoms with E-state index in [1.54, 1.807) is 17.5 Å². The number of aromatic nitrogens is 1. The van der Waals surface area contributed by atoms with E-state index in [1.165, 1.54) is 0 Å². The van der Waals surface area contributed by atoms with E-state index in [0.29, 0.717) is 6.04 Å². The second-order valence-corrected chi connectivity index (χ2v) is 4.71. The Labute approximate surface area is 93.1 Å². The molecule has 0 spiro atoms. The molecule has 1 amide bonds. The van der Waals surface area contributed by atoms with Crippen LogP contribution < -0.4 is 5.73 Å². The number of nitrogens with zero attached hydrogens (tertiary/aromatic N) is 2. The fourth-order valence-corrected chi connectivity index (χ4v) is 2.45. The van der Waals surface area contributed by atoms with Gasteiger partial charge >= 0.3 is 0 Å². The van der Waals surface area contributed by atoms with Gasteiger partial charge in [-0.15, -0.1) is 11.3 Å². The Morgan fingerprint density at radius 1 is 1.80 bits per heavy atom. The van der Waals surface area contributed by atoms with Crippen LogP contribution in [0.5, 0.6) is 0 Å². The normalized spacial score (nSPS) is 17.5. The molecule has 1 aromatic rings. The van der Waals surface area contributed by atoms with Gasteiger partial charge in [-0.05, 0) is 19.8 Å². The van der Waals surface area contributed by atoms with Crippen LogP contribution in [-0.2, 0) is 4.79 Å². The zero-order valence-electron chi connectivity index (χ0n) is 8.72. The summed E-state index contributed by atoms with van der Waals surface area (Å²) in [6.07, 6.45) is 3.97. The van der Waals surface area contributed by atoms with Crippen LogP contribution in [0.2, 0.25) is 0 Å². The first-order valence-electron chi connectivity index (χ1n) is 5.14. The highest BCUT2D eigenvalue weighted by Gasteiger charge is 2.36. The Balaban J connectivity index is 2.14. The molecule has 0 unspecified atom stereocenters. The second kappa shape index (κ2) is 4.28. The Morgan fingerprint density at radius 2 is 2.53 bits per heavy atom. The van der Waals surface area contributed by atoms with Crippen LogP contribution in [0.25, 0.3) is 0 Å². The molecule has 1 aliphatic rings. The molecule has 0 aromatic carbocycles. The van der Waals surface area contributed by atoms with Crippen LogP contribution in [0.4, 0.5) is 0 Å². The zero-order valence-corrected chi connectivity index (χ0v) is 9.54. The van der Waals surface area contributed by atoms with Crippen LogP contribution >= 0.6 is 11.3 Å². The summed E-state index contributed by atoms with van der Waals surface area (Å²) >= 11 is 1.59. The molecule has 1 aromatic heterocycles. The van der Waals surface area contributed by atoms with Crippen molar-refractivity contribution >= 4 is 17.2 Å². The Bertz CT molecular complexity index is 334. The molecule has 0 radical (unpaired) electrons. The van der Waals surface area contributed by atoms with Gasteiger partial charge in [-0.1, -0.05) is 0 Å². The number of thiazole rings is 1. The summed E-state index contributed by atoms with van der Waals surface area (Å²) in [5.41, 5.74) is 5.42. The molecule has 1 heterocycles. The lowest BCUT2D eigenvalue weighted by molar-refractivity contribution is -0.132. The standard InChI is InChI=1S/C10H15N3OS/c1-7(10-12-4-5-15-10)13(8-2-3-8)9(14)6-11/h4-5,7-8H,2-3,6,11H2,1H3/t7-/m1/s1. The largest absolute Gasteiger partial charge is 0.329 e. The fraction of sp³-hybridized carbons (Fsp3) is 0.600. The van der Waals surface area contributed by atoms with Gasteiger partial charge in [0.25, 0.3) is 0 Å². The van der Waals surface area contributed by atoms with Gasteiger partial charge in [-0.2, -0.15) is 0 Å². The molecule has 4 nitrogen and oxygen atoms in total. The SMILES string of the molecule is C[C@H](c1nccs1)N(C(=O)CN)C1CC1. The van der Waals surface area contributed by atoms with Crippen molar-refractivity contribution in [3.8, 4) is 0 Å². The van der Waals surface area contributed by atoms with Crippen molar-refractivity contribution in [2.24, 2.45) is 5.73 Å². The molecule has 15 heavy (non-hydrogen) atoms. The van der Waals surface area contributed by atoms with E-state index in [-0.39, 0.29) is 18.5 Å². The molecular formula is C10H15N3OS. The van der Waals surface area contributed by atoms with E-state index < -0.39 is 0 Å². The first kappa shape index (κ1) is 10.6. The van der Waals surface area contributed by atoms with Crippen LogP contribution in [0.15, 0.2) is 11.6 Å². The summed E-state index contributed by atoms with van der Waals surface area (Å²) in [6.45, 7) is 2.11. The average Bonchev–Trinajstić information content (AvgIpc) is 2.92. The van der Waals surface area contributed by atoms with Gasteiger partial charge in [-0.3, -0.25) is 4.79 Å². The third-order valence-electron chi connectivity index (χ3n) is 2.63. The average molecular weight is 225 g/mol. The lowest BCUT2D eigenvalue weighted by atomic mass is 10.2. The molecular weight excluding hydrogens is 210 g/mol. The number of carbonyl (C=O) groups excluding carboxylic acids is 1. The molecule has 5 heteroatoms. The van der Waals surface area contributed by atoms with E-state index in [2.05, 4.69) is 4.98 Å². The summed E-state index contributed by atoms with van der Waals surface area (Å²) in [4.78, 5) is 17.8. The first-order valence-corrected chi connectivity index (χ1v) is 6.02. The van der Waals surface area contributed by atoms with Gasteiger partial charge in [0.2, 0.25) is 5.91 Å². The minimum absolute atomic E-state index is 0.0280. The van der Waals surface area contributed by atoms with Crippen molar-refractivity contribution < 1.29 is 4.79 Å². The van der Waals surface area contributed by atoms with Crippen LogP contribution in [-0.4, -0.2) is 28.4 Å². The number of rotatable bonds is 4. The minimum atomic E-state index is 0.0280. The topological polar surface area (TPSA) is 59.2 Å². The third-order valence-corrected chi connectivity index (χ3v) is 3.57. The van der Waals surface area contributed by atoms with E-state index >= 15 is 0 Å². The maximum Gasteiger partial charge on any atom is 0.237 e. The summed E-state index contributed by atoms with van der Waals surface area (Å²) in [5.74, 6) is 0.0280. The summed E-state index contributed by atoms with van der Waals surface area (Å²) in [7, 11) is 0. The monoisotopic (exact) mass is 225 g/mol. The Kier molecular flexibility index (Phi) is 3.02. The van der Waals surface area contributed by atoms with E-state index in [0.717, 1.165) is 17.8 Å². The zero-order chi connectivity index (χ0) is 10.8. The lowest BCUT2D eigenvalue weighted by Gasteiger charge is -2.27. The maximum atomic E-state index is 11.7. The van der Waals surface area contributed by atoms with Crippen LogP contribution in [0.1, 0.15) is 30.8 Å². The molecule has 0 aliphatic heterocycles. The summed E-state index contributed by atoms with van der Waals surface area (Å²) < 4.78 is 0. The number of nitrogens with two attached hydrogens (primary N) is 1. The van der Waals surface area contributed by atoms with Gasteiger partial charge < -0.3 is 10.6 Å². The second-order valence-electron chi connectivity index (χ2n) is 3.78. The molecule has 0 bridgehead atoms. The number of hydrogen-bond acceptors (Lipinski definition) is 4. The van der Waals surface area contributed by atoms with Gasteiger partial charge in [-0.25, -0.2) is 4.98 Å². The Hall–Kier alpha value is -0.940. The highest BCUT2D eigenvalue weighted by molar-refractivity contribution is 7.09. The number of hydrogen-bond donors (Lipinski definition) is 1. The van der Waals surface area contributed by atoms with Crippen molar-refractivity contribution in [1.82, 2.24) is 9.88 Å². The smallest absolute Gasteiger partial charge is 0.237 e. The predicted molar refractivity (Wildman–Crippen MR) is 59.5 cm³/mol. The fourth-order valence-electron chi connectivity index (χ4n) is 1.75. The third kappa shape index (κ3) is 2.18. The maximum absolute atomic E-state index is 11.7. The van der Waals surface area contributed by atoms with Crippen molar-refractivity contribution in [2.45, 2.75) is 31.8 Å². The summed E-state index contributed by atoms with van der Waals surface area (Å²) in [6, 6.07) is 0.452. The molecule has 1 atom stereocenters. The molecule has 2 N–H and O–H groups in total. The summed E-state index contributed by atoms with van der Waals surface area (Å²) in [5, 5.41) is 2.92.